The quantitative estimate of drug-likeness (QED) is 0.173. The first-order valence-corrected chi connectivity index (χ1v) is 10.7. The van der Waals surface area contributed by atoms with Gasteiger partial charge in [0.2, 0.25) is 0 Å². The Bertz CT molecular complexity index is 1430. The summed E-state index contributed by atoms with van der Waals surface area (Å²) in [5.74, 6) is 0.468. The summed E-state index contributed by atoms with van der Waals surface area (Å²) in [6, 6.07) is 16.9. The topological polar surface area (TPSA) is 114 Å². The minimum absolute atomic E-state index is 0.0541. The maximum Gasteiger partial charge on any atom is 0.196 e. The zero-order chi connectivity index (χ0) is 23.7. The van der Waals surface area contributed by atoms with Crippen molar-refractivity contribution in [1.82, 2.24) is 4.98 Å². The van der Waals surface area contributed by atoms with Crippen molar-refractivity contribution in [2.75, 3.05) is 5.32 Å². The highest BCUT2D eigenvalue weighted by atomic mass is 16.4. The maximum absolute atomic E-state index is 13.3. The van der Waals surface area contributed by atoms with E-state index >= 15 is 0 Å². The first-order chi connectivity index (χ1) is 15.8. The van der Waals surface area contributed by atoms with Crippen molar-refractivity contribution >= 4 is 22.5 Å². The van der Waals surface area contributed by atoms with E-state index in [9.17, 15) is 10.0 Å². The van der Waals surface area contributed by atoms with E-state index in [1.165, 1.54) is 0 Å². The Morgan fingerprint density at radius 3 is 2.55 bits per heavy atom. The lowest BCUT2D eigenvalue weighted by Crippen LogP contribution is -2.20. The number of oxime groups is 1. The number of aromatic nitrogens is 1. The molecule has 4 N–H and O–H groups in total. The van der Waals surface area contributed by atoms with Crippen LogP contribution in [0.5, 0.6) is 0 Å². The van der Waals surface area contributed by atoms with Crippen molar-refractivity contribution in [3.05, 3.63) is 92.9 Å². The number of rotatable bonds is 5. The van der Waals surface area contributed by atoms with E-state index in [0.29, 0.717) is 33.7 Å². The Hall–Kier alpha value is -4.13. The highest BCUT2D eigenvalue weighted by Crippen LogP contribution is 2.32. The molecule has 1 atom stereocenters. The Morgan fingerprint density at radius 1 is 1.12 bits per heavy atom. The number of anilines is 1. The Labute approximate surface area is 191 Å². The van der Waals surface area contributed by atoms with Crippen LogP contribution in [-0.2, 0) is 0 Å². The van der Waals surface area contributed by atoms with Gasteiger partial charge in [0.15, 0.2) is 11.3 Å². The second-order valence-electron chi connectivity index (χ2n) is 8.18. The fraction of sp³-hybridized carbons (Fsp3) is 0.192. The van der Waals surface area contributed by atoms with Crippen LogP contribution in [0.2, 0.25) is 0 Å². The highest BCUT2D eigenvalue weighted by molar-refractivity contribution is 6.00. The molecule has 7 nitrogen and oxygen atoms in total. The zero-order valence-corrected chi connectivity index (χ0v) is 19.0. The molecule has 168 valence electrons. The van der Waals surface area contributed by atoms with Gasteiger partial charge in [-0.1, -0.05) is 41.6 Å². The Morgan fingerprint density at radius 2 is 1.85 bits per heavy atom. The molecular weight excluding hydrogens is 416 g/mol. The standard InChI is InChI=1S/C26H26N4O3/c1-14-12-19(17(4)29-21-11-10-15(2)28-22(21)26(27)30-32)25-20(13-14)23(31)16(3)24(33-25)18-8-6-5-7-9-18/h5-13,17,29,32H,1-4H3,(H2,27,30)/t17-/m1/s1. The summed E-state index contributed by atoms with van der Waals surface area (Å²) in [7, 11) is 0. The van der Waals surface area contributed by atoms with Crippen molar-refractivity contribution in [2.45, 2.75) is 33.7 Å². The molecule has 2 aromatic carbocycles. The molecule has 2 heterocycles. The Kier molecular flexibility index (Phi) is 5.87. The number of amidine groups is 1. The molecule has 0 bridgehead atoms. The fourth-order valence-corrected chi connectivity index (χ4v) is 3.98. The first kappa shape index (κ1) is 22.1. The van der Waals surface area contributed by atoms with Gasteiger partial charge in [-0.15, -0.1) is 0 Å². The van der Waals surface area contributed by atoms with Crippen LogP contribution < -0.4 is 16.5 Å². The first-order valence-electron chi connectivity index (χ1n) is 10.7. The number of nitrogens with two attached hydrogens (primary N) is 1. The van der Waals surface area contributed by atoms with Crippen molar-refractivity contribution in [1.29, 1.82) is 0 Å². The lowest BCUT2D eigenvalue weighted by atomic mass is 9.98. The van der Waals surface area contributed by atoms with Gasteiger partial charge in [0.05, 0.1) is 17.1 Å². The third-order valence-corrected chi connectivity index (χ3v) is 5.65. The highest BCUT2D eigenvalue weighted by Gasteiger charge is 2.20. The second kappa shape index (κ2) is 8.78. The summed E-state index contributed by atoms with van der Waals surface area (Å²) in [6.07, 6.45) is 0. The monoisotopic (exact) mass is 442 g/mol. The Balaban J connectivity index is 1.88. The minimum Gasteiger partial charge on any atom is -0.455 e. The molecule has 2 aromatic heterocycles. The molecule has 0 aliphatic heterocycles. The number of hydrogen-bond acceptors (Lipinski definition) is 6. The summed E-state index contributed by atoms with van der Waals surface area (Å²) < 4.78 is 6.38. The van der Waals surface area contributed by atoms with Gasteiger partial charge in [-0.2, -0.15) is 0 Å². The zero-order valence-electron chi connectivity index (χ0n) is 19.0. The van der Waals surface area contributed by atoms with E-state index in [1.54, 1.807) is 6.92 Å². The van der Waals surface area contributed by atoms with Gasteiger partial charge in [-0.25, -0.2) is 4.98 Å². The minimum atomic E-state index is -0.267. The van der Waals surface area contributed by atoms with Crippen LogP contribution in [0.25, 0.3) is 22.3 Å². The number of nitrogens with zero attached hydrogens (tertiary/aromatic N) is 2. The van der Waals surface area contributed by atoms with Crippen LogP contribution in [0.15, 0.2) is 69.0 Å². The van der Waals surface area contributed by atoms with Crippen LogP contribution in [0, 0.1) is 20.8 Å². The molecular formula is C26H26N4O3. The average Bonchev–Trinajstić information content (AvgIpc) is 2.82. The van der Waals surface area contributed by atoms with E-state index in [1.807, 2.05) is 75.4 Å². The van der Waals surface area contributed by atoms with E-state index in [0.717, 1.165) is 22.4 Å². The van der Waals surface area contributed by atoms with Gasteiger partial charge in [0, 0.05) is 22.4 Å². The number of pyridine rings is 1. The van der Waals surface area contributed by atoms with E-state index < -0.39 is 0 Å². The summed E-state index contributed by atoms with van der Waals surface area (Å²) in [5.41, 5.74) is 11.2. The lowest BCUT2D eigenvalue weighted by Gasteiger charge is -2.20. The number of hydrogen-bond donors (Lipinski definition) is 3. The molecule has 0 aliphatic rings. The summed E-state index contributed by atoms with van der Waals surface area (Å²) in [6.45, 7) is 7.53. The SMILES string of the molecule is Cc1cc([C@@H](C)Nc2ccc(C)nc2/C(N)=N/O)c2oc(-c3ccccc3)c(C)c(=O)c2c1. The number of aryl methyl sites for hydroxylation is 2. The van der Waals surface area contributed by atoms with Gasteiger partial charge in [0.1, 0.15) is 17.0 Å². The van der Waals surface area contributed by atoms with Crippen molar-refractivity contribution < 1.29 is 9.62 Å². The van der Waals surface area contributed by atoms with Gasteiger partial charge in [0.25, 0.3) is 0 Å². The third kappa shape index (κ3) is 4.17. The molecule has 7 heteroatoms. The number of fused-ring (bicyclic) bond motifs is 1. The van der Waals surface area contributed by atoms with Crippen molar-refractivity contribution in [3.8, 4) is 11.3 Å². The van der Waals surface area contributed by atoms with Gasteiger partial charge in [-0.3, -0.25) is 4.79 Å². The van der Waals surface area contributed by atoms with Crippen LogP contribution in [0.1, 0.15) is 41.0 Å². The molecule has 0 amide bonds. The average molecular weight is 443 g/mol. The number of benzene rings is 2. The van der Waals surface area contributed by atoms with Crippen LogP contribution in [-0.4, -0.2) is 16.0 Å². The van der Waals surface area contributed by atoms with Crippen LogP contribution in [0.4, 0.5) is 5.69 Å². The molecule has 33 heavy (non-hydrogen) atoms. The van der Waals surface area contributed by atoms with Crippen LogP contribution >= 0.6 is 0 Å². The van der Waals surface area contributed by atoms with Crippen molar-refractivity contribution in [3.63, 3.8) is 0 Å². The molecule has 0 spiro atoms. The summed E-state index contributed by atoms with van der Waals surface area (Å²) >= 11 is 0. The normalized spacial score (nSPS) is 12.7. The molecule has 0 saturated heterocycles. The molecule has 4 aromatic rings. The largest absolute Gasteiger partial charge is 0.455 e. The molecule has 0 fully saturated rings. The second-order valence-corrected chi connectivity index (χ2v) is 8.18. The molecule has 0 saturated carbocycles. The van der Waals surface area contributed by atoms with E-state index in [4.69, 9.17) is 10.2 Å². The molecule has 0 aliphatic carbocycles. The predicted octanol–water partition coefficient (Wildman–Crippen LogP) is 5.05. The van der Waals surface area contributed by atoms with Crippen molar-refractivity contribution in [2.24, 2.45) is 10.9 Å². The smallest absolute Gasteiger partial charge is 0.196 e. The summed E-state index contributed by atoms with van der Waals surface area (Å²) in [4.78, 5) is 17.7. The third-order valence-electron chi connectivity index (χ3n) is 5.65. The predicted molar refractivity (Wildman–Crippen MR) is 131 cm³/mol. The molecule has 4 rings (SSSR count). The summed E-state index contributed by atoms with van der Waals surface area (Å²) in [5, 5.41) is 16.2. The molecule has 0 unspecified atom stereocenters. The lowest BCUT2D eigenvalue weighted by molar-refractivity contribution is 0.318. The van der Waals surface area contributed by atoms with Crippen LogP contribution in [0.3, 0.4) is 0 Å². The van der Waals surface area contributed by atoms with Gasteiger partial charge in [-0.05, 0) is 51.5 Å². The maximum atomic E-state index is 13.3. The molecule has 0 radical (unpaired) electrons. The van der Waals surface area contributed by atoms with Gasteiger partial charge < -0.3 is 20.7 Å². The van der Waals surface area contributed by atoms with E-state index in [-0.39, 0.29) is 17.3 Å². The van der Waals surface area contributed by atoms with E-state index in [2.05, 4.69) is 15.5 Å². The number of nitrogens with one attached hydrogen (secondary N) is 1. The van der Waals surface area contributed by atoms with Gasteiger partial charge >= 0.3 is 0 Å². The fourth-order valence-electron chi connectivity index (χ4n) is 3.98.